The number of benzene rings is 2. The smallest absolute Gasteiger partial charge is 0.237 e. The highest BCUT2D eigenvalue weighted by Crippen LogP contribution is 2.22. The molecule has 1 aliphatic carbocycles. The van der Waals surface area contributed by atoms with E-state index in [1.165, 1.54) is 22.3 Å². The van der Waals surface area contributed by atoms with Crippen LogP contribution in [0.1, 0.15) is 22.3 Å². The van der Waals surface area contributed by atoms with E-state index in [4.69, 9.17) is 0 Å². The first-order valence-corrected chi connectivity index (χ1v) is 7.97. The maximum absolute atomic E-state index is 12.5. The Bertz CT molecular complexity index is 685. The van der Waals surface area contributed by atoms with Gasteiger partial charge >= 0.3 is 0 Å². The summed E-state index contributed by atoms with van der Waals surface area (Å²) in [5, 5.41) is 6.58. The maximum Gasteiger partial charge on any atom is 0.237 e. The van der Waals surface area contributed by atoms with E-state index in [0.717, 1.165) is 25.8 Å². The van der Waals surface area contributed by atoms with Crippen LogP contribution in [0.15, 0.2) is 48.5 Å². The molecule has 0 radical (unpaired) electrons. The summed E-state index contributed by atoms with van der Waals surface area (Å²) in [5.41, 5.74) is 5.33. The van der Waals surface area contributed by atoms with E-state index >= 15 is 0 Å². The molecule has 3 nitrogen and oxygen atoms in total. The van der Waals surface area contributed by atoms with Crippen molar-refractivity contribution in [1.82, 2.24) is 10.6 Å². The molecule has 22 heavy (non-hydrogen) atoms. The van der Waals surface area contributed by atoms with Gasteiger partial charge in [-0.05, 0) is 41.5 Å². The molecule has 2 aromatic carbocycles. The number of rotatable bonds is 2. The van der Waals surface area contributed by atoms with Gasteiger partial charge in [0.2, 0.25) is 5.91 Å². The van der Waals surface area contributed by atoms with E-state index in [1.54, 1.807) is 0 Å². The molecule has 0 saturated heterocycles. The average molecular weight is 292 g/mol. The second-order valence-corrected chi connectivity index (χ2v) is 6.29. The molecule has 0 saturated carbocycles. The first-order valence-electron chi connectivity index (χ1n) is 7.97. The van der Waals surface area contributed by atoms with Gasteiger partial charge in [0, 0.05) is 12.6 Å². The third kappa shape index (κ3) is 2.53. The second kappa shape index (κ2) is 5.58. The van der Waals surface area contributed by atoms with E-state index in [2.05, 4.69) is 53.1 Å². The molecule has 1 unspecified atom stereocenters. The summed E-state index contributed by atoms with van der Waals surface area (Å²) in [4.78, 5) is 12.5. The molecule has 2 N–H and O–H groups in total. The quantitative estimate of drug-likeness (QED) is 0.889. The molecule has 2 aromatic rings. The molecule has 4 rings (SSSR count). The Morgan fingerprint density at radius 3 is 2.05 bits per heavy atom. The van der Waals surface area contributed by atoms with Crippen molar-refractivity contribution < 1.29 is 4.79 Å². The third-order valence-corrected chi connectivity index (χ3v) is 4.80. The lowest BCUT2D eigenvalue weighted by atomic mass is 9.95. The molecule has 0 bridgehead atoms. The monoisotopic (exact) mass is 292 g/mol. The Balaban J connectivity index is 1.40. The largest absolute Gasteiger partial charge is 0.351 e. The minimum absolute atomic E-state index is 0.112. The molecule has 2 aliphatic rings. The van der Waals surface area contributed by atoms with Crippen molar-refractivity contribution in [3.8, 4) is 0 Å². The molecule has 0 aromatic heterocycles. The highest BCUT2D eigenvalue weighted by Gasteiger charge is 2.28. The van der Waals surface area contributed by atoms with Gasteiger partial charge in [0.25, 0.3) is 0 Å². The van der Waals surface area contributed by atoms with Crippen LogP contribution < -0.4 is 10.6 Å². The zero-order valence-corrected chi connectivity index (χ0v) is 12.5. The van der Waals surface area contributed by atoms with Crippen molar-refractivity contribution in [3.05, 3.63) is 70.8 Å². The van der Waals surface area contributed by atoms with Crippen LogP contribution in [0.2, 0.25) is 0 Å². The van der Waals surface area contributed by atoms with Crippen LogP contribution in [-0.4, -0.2) is 18.0 Å². The molecule has 1 heterocycles. The molecular weight excluding hydrogens is 272 g/mol. The Kier molecular flexibility index (Phi) is 3.43. The van der Waals surface area contributed by atoms with Gasteiger partial charge in [-0.2, -0.15) is 0 Å². The summed E-state index contributed by atoms with van der Waals surface area (Å²) in [6, 6.07) is 17.0. The molecule has 3 heteroatoms. The predicted octanol–water partition coefficient (Wildman–Crippen LogP) is 1.98. The van der Waals surface area contributed by atoms with Gasteiger partial charge in [-0.25, -0.2) is 0 Å². The summed E-state index contributed by atoms with van der Waals surface area (Å²) in [5.74, 6) is 0.132. The van der Waals surface area contributed by atoms with Crippen molar-refractivity contribution in [2.45, 2.75) is 37.9 Å². The number of amides is 1. The summed E-state index contributed by atoms with van der Waals surface area (Å²) in [6.45, 7) is 0.777. The van der Waals surface area contributed by atoms with Crippen LogP contribution in [-0.2, 0) is 30.6 Å². The topological polar surface area (TPSA) is 41.1 Å². The lowest BCUT2D eigenvalue weighted by Crippen LogP contribution is -2.50. The van der Waals surface area contributed by atoms with Crippen molar-refractivity contribution in [3.63, 3.8) is 0 Å². The minimum atomic E-state index is -0.112. The molecule has 112 valence electrons. The van der Waals surface area contributed by atoms with Crippen molar-refractivity contribution >= 4 is 5.91 Å². The zero-order valence-electron chi connectivity index (χ0n) is 12.5. The van der Waals surface area contributed by atoms with E-state index < -0.39 is 0 Å². The molecule has 1 amide bonds. The van der Waals surface area contributed by atoms with Gasteiger partial charge in [0.15, 0.2) is 0 Å². The van der Waals surface area contributed by atoms with Gasteiger partial charge < -0.3 is 10.6 Å². The Labute approximate surface area is 130 Å². The average Bonchev–Trinajstić information content (AvgIpc) is 2.96. The third-order valence-electron chi connectivity index (χ3n) is 4.80. The summed E-state index contributed by atoms with van der Waals surface area (Å²) < 4.78 is 0. The first kappa shape index (κ1) is 13.5. The highest BCUT2D eigenvalue weighted by molar-refractivity contribution is 5.83. The fourth-order valence-corrected chi connectivity index (χ4v) is 3.60. The zero-order chi connectivity index (χ0) is 14.9. The number of fused-ring (bicyclic) bond motifs is 2. The van der Waals surface area contributed by atoms with Gasteiger partial charge in [0.1, 0.15) is 0 Å². The molecule has 1 atom stereocenters. The predicted molar refractivity (Wildman–Crippen MR) is 86.6 cm³/mol. The van der Waals surface area contributed by atoms with Crippen LogP contribution in [0, 0.1) is 0 Å². The summed E-state index contributed by atoms with van der Waals surface area (Å²) in [6.07, 6.45) is 2.68. The molecule has 0 spiro atoms. The van der Waals surface area contributed by atoms with E-state index in [1.807, 2.05) is 6.07 Å². The molecule has 1 aliphatic heterocycles. The van der Waals surface area contributed by atoms with Crippen LogP contribution >= 0.6 is 0 Å². The van der Waals surface area contributed by atoms with Crippen molar-refractivity contribution in [2.75, 3.05) is 0 Å². The highest BCUT2D eigenvalue weighted by atomic mass is 16.2. The number of nitrogens with one attached hydrogen (secondary N) is 2. The van der Waals surface area contributed by atoms with Crippen LogP contribution in [0.4, 0.5) is 0 Å². The van der Waals surface area contributed by atoms with E-state index in [9.17, 15) is 4.79 Å². The van der Waals surface area contributed by atoms with E-state index in [-0.39, 0.29) is 18.0 Å². The van der Waals surface area contributed by atoms with Crippen molar-refractivity contribution in [2.24, 2.45) is 0 Å². The van der Waals surface area contributed by atoms with Gasteiger partial charge in [-0.3, -0.25) is 4.79 Å². The van der Waals surface area contributed by atoms with Gasteiger partial charge in [-0.1, -0.05) is 48.5 Å². The number of carbonyl (C=O) groups is 1. The molecule has 0 fully saturated rings. The fourth-order valence-electron chi connectivity index (χ4n) is 3.60. The Morgan fingerprint density at radius 1 is 0.864 bits per heavy atom. The summed E-state index contributed by atoms with van der Waals surface area (Å²) in [7, 11) is 0. The van der Waals surface area contributed by atoms with Crippen LogP contribution in [0.25, 0.3) is 0 Å². The van der Waals surface area contributed by atoms with E-state index in [0.29, 0.717) is 0 Å². The first-order chi connectivity index (χ1) is 10.8. The second-order valence-electron chi connectivity index (χ2n) is 6.29. The Morgan fingerprint density at radius 2 is 1.41 bits per heavy atom. The van der Waals surface area contributed by atoms with Gasteiger partial charge in [0.05, 0.1) is 6.04 Å². The maximum atomic E-state index is 12.5. The SMILES string of the molecule is O=C(NC1Cc2ccccc2C1)C1Cc2ccccc2CN1. The number of hydrogen-bond donors (Lipinski definition) is 2. The van der Waals surface area contributed by atoms with Crippen molar-refractivity contribution in [1.29, 1.82) is 0 Å². The number of carbonyl (C=O) groups excluding carboxylic acids is 1. The standard InChI is InChI=1S/C19H20N2O/c22-19(18-11-15-7-3-4-8-16(15)12-20-18)21-17-9-13-5-1-2-6-14(13)10-17/h1-8,17-18,20H,9-12H2,(H,21,22). The normalized spacial score (nSPS) is 20.3. The Hall–Kier alpha value is -2.13. The van der Waals surface area contributed by atoms with Crippen LogP contribution in [0.3, 0.4) is 0 Å². The lowest BCUT2D eigenvalue weighted by Gasteiger charge is -2.26. The summed E-state index contributed by atoms with van der Waals surface area (Å²) >= 11 is 0. The lowest BCUT2D eigenvalue weighted by molar-refractivity contribution is -0.124. The number of hydrogen-bond acceptors (Lipinski definition) is 2. The minimum Gasteiger partial charge on any atom is -0.351 e. The molecular formula is C19H20N2O. The van der Waals surface area contributed by atoms with Gasteiger partial charge in [-0.15, -0.1) is 0 Å². The fraction of sp³-hybridized carbons (Fsp3) is 0.316. The van der Waals surface area contributed by atoms with Crippen LogP contribution in [0.5, 0.6) is 0 Å².